The maximum absolute atomic E-state index is 13.8. The van der Waals surface area contributed by atoms with E-state index < -0.39 is 17.4 Å². The van der Waals surface area contributed by atoms with Gasteiger partial charge in [-0.2, -0.15) is 0 Å². The number of nitrogens with one attached hydrogen (secondary N) is 2. The lowest BCUT2D eigenvalue weighted by atomic mass is 9.75. The highest BCUT2D eigenvalue weighted by atomic mass is 35.5. The predicted octanol–water partition coefficient (Wildman–Crippen LogP) is 3.43. The van der Waals surface area contributed by atoms with Crippen molar-refractivity contribution in [3.8, 4) is 5.75 Å². The van der Waals surface area contributed by atoms with Crippen LogP contribution in [-0.4, -0.2) is 50.4 Å². The molecule has 1 saturated heterocycles. The van der Waals surface area contributed by atoms with Crippen LogP contribution in [0.3, 0.4) is 0 Å². The smallest absolute Gasteiger partial charge is 0.265 e. The summed E-state index contributed by atoms with van der Waals surface area (Å²) in [4.78, 5) is 48.2. The van der Waals surface area contributed by atoms with Gasteiger partial charge in [-0.25, -0.2) is 10.5 Å². The van der Waals surface area contributed by atoms with Crippen LogP contribution in [0.15, 0.2) is 60.9 Å². The molecule has 1 aromatic carbocycles. The van der Waals surface area contributed by atoms with Crippen LogP contribution in [0.2, 0.25) is 10.3 Å². The van der Waals surface area contributed by atoms with E-state index in [2.05, 4.69) is 15.3 Å². The number of amides is 3. The zero-order chi connectivity index (χ0) is 28.0. The standard InChI is InChI=1S/C27H27Cl2N5O5/c1-17(25(36)33-38)34-10-8-27(26(34)37,13-24(35)31-15-18-3-2-9-30-14-18)20-4-6-21(7-5-20)39-16-19-11-22(28)32-23(29)12-19/h2-7,9,11-12,14,17,38H,8,10,13,15-16H2,1H3,(H,31,35)(H,33,36). The summed E-state index contributed by atoms with van der Waals surface area (Å²) in [5.41, 5.74) is 2.58. The predicted molar refractivity (Wildman–Crippen MR) is 143 cm³/mol. The molecule has 0 aliphatic carbocycles. The molecule has 0 radical (unpaired) electrons. The van der Waals surface area contributed by atoms with Crippen molar-refractivity contribution in [2.24, 2.45) is 0 Å². The van der Waals surface area contributed by atoms with Crippen LogP contribution in [-0.2, 0) is 33.0 Å². The molecule has 12 heteroatoms. The third-order valence-electron chi connectivity index (χ3n) is 6.72. The monoisotopic (exact) mass is 571 g/mol. The number of likely N-dealkylation sites (tertiary alicyclic amines) is 1. The first-order valence-corrected chi connectivity index (χ1v) is 12.9. The van der Waals surface area contributed by atoms with Crippen molar-refractivity contribution in [3.05, 3.63) is 87.9 Å². The van der Waals surface area contributed by atoms with Gasteiger partial charge in [0, 0.05) is 31.9 Å². The number of benzene rings is 1. The molecular weight excluding hydrogens is 545 g/mol. The Morgan fingerprint density at radius 1 is 1.15 bits per heavy atom. The Labute approximate surface area is 235 Å². The van der Waals surface area contributed by atoms with E-state index in [4.69, 9.17) is 33.1 Å². The normalized spacial score (nSPS) is 17.5. The summed E-state index contributed by atoms with van der Waals surface area (Å²) in [6.07, 6.45) is 3.48. The van der Waals surface area contributed by atoms with Crippen LogP contribution in [0.4, 0.5) is 0 Å². The first-order chi connectivity index (χ1) is 18.7. The number of carbonyl (C=O) groups is 3. The molecule has 0 spiro atoms. The zero-order valence-corrected chi connectivity index (χ0v) is 22.6. The lowest BCUT2D eigenvalue weighted by Crippen LogP contribution is -2.49. The Hall–Kier alpha value is -3.73. The van der Waals surface area contributed by atoms with Gasteiger partial charge < -0.3 is 15.0 Å². The molecule has 39 heavy (non-hydrogen) atoms. The van der Waals surface area contributed by atoms with Gasteiger partial charge in [0.15, 0.2) is 0 Å². The lowest BCUT2D eigenvalue weighted by molar-refractivity contribution is -0.144. The number of hydrogen-bond acceptors (Lipinski definition) is 7. The van der Waals surface area contributed by atoms with Crippen molar-refractivity contribution in [3.63, 3.8) is 0 Å². The number of hydroxylamine groups is 1. The Balaban J connectivity index is 1.54. The topological polar surface area (TPSA) is 134 Å². The van der Waals surface area contributed by atoms with Crippen molar-refractivity contribution in [1.82, 2.24) is 25.7 Å². The highest BCUT2D eigenvalue weighted by Gasteiger charge is 2.51. The average Bonchev–Trinajstić information content (AvgIpc) is 3.26. The highest BCUT2D eigenvalue weighted by Crippen LogP contribution is 2.40. The number of hydrogen-bond donors (Lipinski definition) is 3. The van der Waals surface area contributed by atoms with Crippen molar-refractivity contribution < 1.29 is 24.3 Å². The maximum atomic E-state index is 13.8. The van der Waals surface area contributed by atoms with E-state index in [1.54, 1.807) is 60.3 Å². The van der Waals surface area contributed by atoms with Gasteiger partial charge in [0.25, 0.3) is 5.91 Å². The van der Waals surface area contributed by atoms with Crippen molar-refractivity contribution in [2.75, 3.05) is 6.54 Å². The summed E-state index contributed by atoms with van der Waals surface area (Å²) in [6, 6.07) is 12.9. The molecule has 10 nitrogen and oxygen atoms in total. The number of nitrogens with zero attached hydrogens (tertiary/aromatic N) is 3. The Bertz CT molecular complexity index is 1320. The van der Waals surface area contributed by atoms with Crippen LogP contribution in [0.25, 0.3) is 0 Å². The molecule has 2 aromatic heterocycles. The van der Waals surface area contributed by atoms with E-state index in [1.165, 1.54) is 11.8 Å². The lowest BCUT2D eigenvalue weighted by Gasteiger charge is -2.30. The van der Waals surface area contributed by atoms with Gasteiger partial charge in [-0.15, -0.1) is 0 Å². The average molecular weight is 572 g/mol. The number of aromatic nitrogens is 2. The first kappa shape index (κ1) is 28.3. The molecule has 0 bridgehead atoms. The fraction of sp³-hybridized carbons (Fsp3) is 0.296. The van der Waals surface area contributed by atoms with E-state index in [0.29, 0.717) is 17.7 Å². The second kappa shape index (κ2) is 12.4. The molecule has 3 heterocycles. The molecule has 3 N–H and O–H groups in total. The van der Waals surface area contributed by atoms with Gasteiger partial charge in [-0.05, 0) is 60.4 Å². The molecule has 4 rings (SSSR count). The molecule has 0 saturated carbocycles. The highest BCUT2D eigenvalue weighted by molar-refractivity contribution is 6.32. The number of pyridine rings is 2. The van der Waals surface area contributed by atoms with Gasteiger partial charge in [0.05, 0.1) is 5.41 Å². The second-order valence-corrected chi connectivity index (χ2v) is 10.0. The molecular formula is C27H27Cl2N5O5. The van der Waals surface area contributed by atoms with E-state index in [9.17, 15) is 14.4 Å². The van der Waals surface area contributed by atoms with Gasteiger partial charge in [-0.3, -0.25) is 24.6 Å². The first-order valence-electron chi connectivity index (χ1n) is 12.2. The molecule has 204 valence electrons. The Kier molecular flexibility index (Phi) is 9.01. The third-order valence-corrected chi connectivity index (χ3v) is 7.10. The van der Waals surface area contributed by atoms with Gasteiger partial charge >= 0.3 is 0 Å². The maximum Gasteiger partial charge on any atom is 0.265 e. The van der Waals surface area contributed by atoms with E-state index in [1.807, 2.05) is 6.07 Å². The molecule has 2 atom stereocenters. The van der Waals surface area contributed by atoms with E-state index >= 15 is 0 Å². The number of ether oxygens (including phenoxy) is 1. The second-order valence-electron chi connectivity index (χ2n) is 9.23. The summed E-state index contributed by atoms with van der Waals surface area (Å²) in [6.45, 7) is 2.23. The number of halogens is 2. The molecule has 3 aromatic rings. The molecule has 1 aliphatic rings. The molecule has 3 amide bonds. The minimum atomic E-state index is -1.20. The van der Waals surface area contributed by atoms with Crippen LogP contribution >= 0.6 is 23.2 Å². The molecule has 1 aliphatic heterocycles. The van der Waals surface area contributed by atoms with Crippen LogP contribution in [0.1, 0.15) is 36.5 Å². The fourth-order valence-electron chi connectivity index (χ4n) is 4.61. The molecule has 1 fully saturated rings. The Morgan fingerprint density at radius 3 is 2.51 bits per heavy atom. The number of rotatable bonds is 10. The van der Waals surface area contributed by atoms with Crippen LogP contribution < -0.4 is 15.5 Å². The summed E-state index contributed by atoms with van der Waals surface area (Å²) in [5.74, 6) is -0.862. The van der Waals surface area contributed by atoms with Crippen molar-refractivity contribution in [1.29, 1.82) is 0 Å². The third kappa shape index (κ3) is 6.65. The summed E-state index contributed by atoms with van der Waals surface area (Å²) >= 11 is 11.9. The van der Waals surface area contributed by atoms with E-state index in [0.717, 1.165) is 11.1 Å². The minimum absolute atomic E-state index is 0.121. The zero-order valence-electron chi connectivity index (χ0n) is 21.1. The summed E-state index contributed by atoms with van der Waals surface area (Å²) < 4.78 is 5.85. The van der Waals surface area contributed by atoms with Crippen LogP contribution in [0.5, 0.6) is 5.75 Å². The molecule has 2 unspecified atom stereocenters. The number of carbonyl (C=O) groups excluding carboxylic acids is 3. The fourth-order valence-corrected chi connectivity index (χ4v) is 5.11. The quantitative estimate of drug-likeness (QED) is 0.193. The SMILES string of the molecule is CC(C(=O)NO)N1CCC(CC(=O)NCc2cccnc2)(c2ccc(OCc3cc(Cl)nc(Cl)c3)cc2)C1=O. The van der Waals surface area contributed by atoms with Gasteiger partial charge in [-0.1, -0.05) is 41.4 Å². The van der Waals surface area contributed by atoms with Crippen LogP contribution in [0, 0.1) is 0 Å². The van der Waals surface area contributed by atoms with Crippen molar-refractivity contribution >= 4 is 40.9 Å². The van der Waals surface area contributed by atoms with Gasteiger partial charge in [0.1, 0.15) is 28.7 Å². The summed E-state index contributed by atoms with van der Waals surface area (Å²) in [5, 5.41) is 12.5. The summed E-state index contributed by atoms with van der Waals surface area (Å²) in [7, 11) is 0. The minimum Gasteiger partial charge on any atom is -0.489 e. The van der Waals surface area contributed by atoms with Gasteiger partial charge in [0.2, 0.25) is 11.8 Å². The van der Waals surface area contributed by atoms with E-state index in [-0.39, 0.29) is 48.2 Å². The largest absolute Gasteiger partial charge is 0.489 e. The van der Waals surface area contributed by atoms with Crippen molar-refractivity contribution in [2.45, 2.75) is 44.4 Å². The Morgan fingerprint density at radius 2 is 1.87 bits per heavy atom.